The van der Waals surface area contributed by atoms with E-state index in [1.165, 1.54) is 11.1 Å². The van der Waals surface area contributed by atoms with Crippen molar-refractivity contribution in [1.29, 1.82) is 0 Å². The maximum Gasteiger partial charge on any atom is 0.278 e. The largest absolute Gasteiger partial charge is 0.278 e. The number of fused-ring (bicyclic) bond motifs is 1. The zero-order chi connectivity index (χ0) is 8.60. The van der Waals surface area contributed by atoms with E-state index < -0.39 is 6.69 Å². The van der Waals surface area contributed by atoms with Gasteiger partial charge in [-0.25, -0.2) is 0 Å². The Morgan fingerprint density at radius 1 is 1.17 bits per heavy atom. The minimum Gasteiger partial charge on any atom is -0.140 e. The second-order valence-electron chi connectivity index (χ2n) is 2.97. The van der Waals surface area contributed by atoms with Crippen LogP contribution >= 0.6 is 22.2 Å². The molecular formula is C9H8Cl2Si. The molecule has 0 N–H and O–H groups in total. The van der Waals surface area contributed by atoms with Crippen molar-refractivity contribution in [3.8, 4) is 0 Å². The van der Waals surface area contributed by atoms with Crippen molar-refractivity contribution in [3.63, 3.8) is 0 Å². The summed E-state index contributed by atoms with van der Waals surface area (Å²) in [4.78, 5) is 0. The van der Waals surface area contributed by atoms with Crippen LogP contribution in [0.4, 0.5) is 0 Å². The lowest BCUT2D eigenvalue weighted by atomic mass is 10.1. The third-order valence-corrected chi connectivity index (χ3v) is 5.05. The summed E-state index contributed by atoms with van der Waals surface area (Å²) in [6.07, 6.45) is 2.03. The number of halogens is 2. The Balaban J connectivity index is 2.46. The standard InChI is InChI=1S/C9H8Cl2Si/c10-12(11)6-5-8-3-1-2-4-9(8)7-12/h1-6H,7H2. The highest BCUT2D eigenvalue weighted by atomic mass is 35.7. The monoisotopic (exact) mass is 214 g/mol. The minimum absolute atomic E-state index is 0.836. The fourth-order valence-electron chi connectivity index (χ4n) is 1.38. The molecule has 1 aliphatic rings. The summed E-state index contributed by atoms with van der Waals surface area (Å²) in [5, 5.41) is 0. The molecule has 0 atom stereocenters. The van der Waals surface area contributed by atoms with Crippen molar-refractivity contribution in [2.75, 3.05) is 0 Å². The van der Waals surface area contributed by atoms with Crippen LogP contribution in [0.5, 0.6) is 0 Å². The van der Waals surface area contributed by atoms with E-state index in [9.17, 15) is 0 Å². The van der Waals surface area contributed by atoms with E-state index in [4.69, 9.17) is 22.2 Å². The molecule has 0 aliphatic carbocycles. The van der Waals surface area contributed by atoms with Gasteiger partial charge in [0.15, 0.2) is 0 Å². The number of hydrogen-bond acceptors (Lipinski definition) is 0. The third kappa shape index (κ3) is 1.58. The summed E-state index contributed by atoms with van der Waals surface area (Å²) >= 11 is 12.2. The Hall–Kier alpha value is -0.243. The van der Waals surface area contributed by atoms with Gasteiger partial charge in [0.1, 0.15) is 0 Å². The van der Waals surface area contributed by atoms with E-state index in [-0.39, 0.29) is 0 Å². The quantitative estimate of drug-likeness (QED) is 0.460. The zero-order valence-corrected chi connectivity index (χ0v) is 8.94. The molecule has 1 aliphatic heterocycles. The maximum absolute atomic E-state index is 6.12. The summed E-state index contributed by atoms with van der Waals surface area (Å²) < 4.78 is 0. The fraction of sp³-hybridized carbons (Fsp3) is 0.111. The van der Waals surface area contributed by atoms with Crippen LogP contribution < -0.4 is 0 Å². The van der Waals surface area contributed by atoms with Gasteiger partial charge in [-0.2, -0.15) is 0 Å². The Labute approximate surface area is 82.2 Å². The Bertz CT molecular complexity index is 331. The highest BCUT2D eigenvalue weighted by Gasteiger charge is 2.28. The second kappa shape index (κ2) is 2.91. The van der Waals surface area contributed by atoms with Gasteiger partial charge in [0.05, 0.1) is 0 Å². The van der Waals surface area contributed by atoms with Gasteiger partial charge in [-0.15, -0.1) is 22.2 Å². The van der Waals surface area contributed by atoms with E-state index >= 15 is 0 Å². The Kier molecular flexibility index (Phi) is 2.03. The van der Waals surface area contributed by atoms with Crippen LogP contribution in [0.25, 0.3) is 6.08 Å². The van der Waals surface area contributed by atoms with Crippen LogP contribution in [0.2, 0.25) is 0 Å². The molecule has 0 unspecified atom stereocenters. The SMILES string of the molecule is Cl[Si]1(Cl)C=Cc2ccccc2C1. The molecule has 0 amide bonds. The highest BCUT2D eigenvalue weighted by Crippen LogP contribution is 2.29. The van der Waals surface area contributed by atoms with Crippen LogP contribution in [0, 0.1) is 0 Å². The van der Waals surface area contributed by atoms with Crippen LogP contribution in [0.1, 0.15) is 11.1 Å². The first-order valence-corrected chi connectivity index (χ1v) is 8.13. The lowest BCUT2D eigenvalue weighted by Crippen LogP contribution is -2.23. The first-order valence-electron chi connectivity index (χ1n) is 3.82. The molecule has 1 aromatic carbocycles. The lowest BCUT2D eigenvalue weighted by molar-refractivity contribution is 1.34. The van der Waals surface area contributed by atoms with Gasteiger partial charge in [0, 0.05) is 0 Å². The average molecular weight is 215 g/mol. The molecular weight excluding hydrogens is 207 g/mol. The van der Waals surface area contributed by atoms with Gasteiger partial charge in [-0.05, 0) is 17.2 Å². The molecule has 62 valence electrons. The van der Waals surface area contributed by atoms with Gasteiger partial charge in [0.2, 0.25) is 0 Å². The predicted molar refractivity (Wildman–Crippen MR) is 56.6 cm³/mol. The van der Waals surface area contributed by atoms with E-state index in [1.54, 1.807) is 0 Å². The number of rotatable bonds is 0. The first-order chi connectivity index (χ1) is 5.67. The van der Waals surface area contributed by atoms with Gasteiger partial charge in [-0.1, -0.05) is 36.0 Å². The Morgan fingerprint density at radius 2 is 1.92 bits per heavy atom. The lowest BCUT2D eigenvalue weighted by Gasteiger charge is -2.18. The van der Waals surface area contributed by atoms with Crippen LogP contribution in [0.3, 0.4) is 0 Å². The van der Waals surface area contributed by atoms with Crippen molar-refractivity contribution in [2.24, 2.45) is 0 Å². The summed E-state index contributed by atoms with van der Waals surface area (Å²) in [5.41, 5.74) is 4.50. The molecule has 1 heterocycles. The van der Waals surface area contributed by atoms with Gasteiger partial charge >= 0.3 is 0 Å². The van der Waals surface area contributed by atoms with E-state index in [0.29, 0.717) is 0 Å². The molecule has 1 aromatic rings. The Morgan fingerprint density at radius 3 is 2.75 bits per heavy atom. The molecule has 0 bridgehead atoms. The average Bonchev–Trinajstić information content (AvgIpc) is 2.02. The molecule has 0 saturated heterocycles. The fourth-order valence-corrected chi connectivity index (χ4v) is 4.00. The normalized spacial score (nSPS) is 18.8. The molecule has 3 heteroatoms. The molecule has 0 aromatic heterocycles. The summed E-state index contributed by atoms with van der Waals surface area (Å²) in [5.74, 6) is 0. The number of hydrogen-bond donors (Lipinski definition) is 0. The van der Waals surface area contributed by atoms with Crippen molar-refractivity contribution < 1.29 is 0 Å². The van der Waals surface area contributed by atoms with E-state index in [1.807, 2.05) is 23.9 Å². The van der Waals surface area contributed by atoms with Crippen molar-refractivity contribution in [2.45, 2.75) is 6.04 Å². The highest BCUT2D eigenvalue weighted by molar-refractivity contribution is 7.47. The minimum atomic E-state index is -2.08. The van der Waals surface area contributed by atoms with Crippen molar-refractivity contribution in [3.05, 3.63) is 41.1 Å². The van der Waals surface area contributed by atoms with Crippen LogP contribution in [-0.4, -0.2) is 6.69 Å². The molecule has 0 radical (unpaired) electrons. The summed E-state index contributed by atoms with van der Waals surface area (Å²) in [7, 11) is 0. The molecule has 0 spiro atoms. The summed E-state index contributed by atoms with van der Waals surface area (Å²) in [6.45, 7) is -2.08. The molecule has 0 saturated carbocycles. The first kappa shape index (κ1) is 8.36. The number of benzene rings is 1. The van der Waals surface area contributed by atoms with Crippen LogP contribution in [0.15, 0.2) is 30.0 Å². The smallest absolute Gasteiger partial charge is 0.140 e. The van der Waals surface area contributed by atoms with E-state index in [0.717, 1.165) is 6.04 Å². The summed E-state index contributed by atoms with van der Waals surface area (Å²) in [6, 6.07) is 9.06. The van der Waals surface area contributed by atoms with Crippen molar-refractivity contribution >= 4 is 34.9 Å². The zero-order valence-electron chi connectivity index (χ0n) is 6.43. The van der Waals surface area contributed by atoms with Gasteiger partial charge in [0.25, 0.3) is 6.69 Å². The van der Waals surface area contributed by atoms with Crippen molar-refractivity contribution in [1.82, 2.24) is 0 Å². The van der Waals surface area contributed by atoms with Crippen LogP contribution in [-0.2, 0) is 6.04 Å². The molecule has 0 nitrogen and oxygen atoms in total. The maximum atomic E-state index is 6.12. The molecule has 12 heavy (non-hydrogen) atoms. The van der Waals surface area contributed by atoms with Gasteiger partial charge < -0.3 is 0 Å². The molecule has 2 rings (SSSR count). The second-order valence-corrected chi connectivity index (χ2v) is 9.81. The van der Waals surface area contributed by atoms with Gasteiger partial charge in [-0.3, -0.25) is 0 Å². The topological polar surface area (TPSA) is 0 Å². The predicted octanol–water partition coefficient (Wildman–Crippen LogP) is 3.25. The third-order valence-electron chi connectivity index (χ3n) is 1.99. The van der Waals surface area contributed by atoms with E-state index in [2.05, 4.69) is 12.1 Å². The molecule has 0 fully saturated rings.